The van der Waals surface area contributed by atoms with Gasteiger partial charge < -0.3 is 19.1 Å². The van der Waals surface area contributed by atoms with Crippen LogP contribution in [-0.4, -0.2) is 56.6 Å². The molecule has 1 aromatic carbocycles. The predicted octanol–water partition coefficient (Wildman–Crippen LogP) is 2.59. The zero-order valence-electron chi connectivity index (χ0n) is 15.8. The Morgan fingerprint density at radius 2 is 1.92 bits per heavy atom. The first-order valence-electron chi connectivity index (χ1n) is 9.76. The summed E-state index contributed by atoms with van der Waals surface area (Å²) in [5, 5.41) is 0. The van der Waals surface area contributed by atoms with E-state index in [1.165, 1.54) is 0 Å². The van der Waals surface area contributed by atoms with Crippen molar-refractivity contribution in [1.29, 1.82) is 0 Å². The van der Waals surface area contributed by atoms with Crippen LogP contribution in [0, 0.1) is 11.8 Å². The Morgan fingerprint density at radius 3 is 2.62 bits per heavy atom. The molecule has 2 heterocycles. The maximum atomic E-state index is 13.7. The number of amides is 1. The summed E-state index contributed by atoms with van der Waals surface area (Å²) < 4.78 is 17.4. The van der Waals surface area contributed by atoms with Crippen LogP contribution in [0.5, 0.6) is 0 Å². The lowest BCUT2D eigenvalue weighted by Crippen LogP contribution is -2.64. The van der Waals surface area contributed by atoms with Gasteiger partial charge in [0.1, 0.15) is 0 Å². The fourth-order valence-corrected chi connectivity index (χ4v) is 5.47. The van der Waals surface area contributed by atoms with E-state index in [0.29, 0.717) is 26.4 Å². The highest BCUT2D eigenvalue weighted by molar-refractivity contribution is 5.90. The van der Waals surface area contributed by atoms with Gasteiger partial charge in [0.2, 0.25) is 5.91 Å². The second kappa shape index (κ2) is 6.95. The van der Waals surface area contributed by atoms with Crippen molar-refractivity contribution in [3.05, 3.63) is 35.9 Å². The molecule has 0 aromatic heterocycles. The smallest absolute Gasteiger partial charge is 0.233 e. The topological polar surface area (TPSA) is 48.0 Å². The number of ether oxygens (including phenoxy) is 3. The summed E-state index contributed by atoms with van der Waals surface area (Å²) in [5.41, 5.74) is 0.657. The number of hydrogen-bond donors (Lipinski definition) is 0. The lowest BCUT2D eigenvalue weighted by molar-refractivity contribution is -0.238. The molecule has 0 radical (unpaired) electrons. The first-order chi connectivity index (χ1) is 12.6. The fraction of sp³-hybridized carbons (Fsp3) is 0.667. The van der Waals surface area contributed by atoms with E-state index < -0.39 is 11.2 Å². The molecule has 1 aromatic rings. The molecule has 4 rings (SSSR count). The summed E-state index contributed by atoms with van der Waals surface area (Å²) in [5.74, 6) is 0.157. The number of nitrogens with zero attached hydrogens (tertiary/aromatic N) is 1. The van der Waals surface area contributed by atoms with Crippen molar-refractivity contribution < 1.29 is 19.0 Å². The van der Waals surface area contributed by atoms with Crippen molar-refractivity contribution in [2.45, 2.75) is 37.4 Å². The molecule has 5 nitrogen and oxygen atoms in total. The minimum atomic E-state index is -0.502. The van der Waals surface area contributed by atoms with Crippen LogP contribution in [0.2, 0.25) is 0 Å². The number of piperidine rings is 1. The molecule has 0 unspecified atom stereocenters. The summed E-state index contributed by atoms with van der Waals surface area (Å²) in [7, 11) is 1.69. The van der Waals surface area contributed by atoms with E-state index in [4.69, 9.17) is 14.2 Å². The number of carbonyl (C=O) groups is 1. The van der Waals surface area contributed by atoms with Gasteiger partial charge in [0.15, 0.2) is 5.79 Å². The number of fused-ring (bicyclic) bond motifs is 1. The second-order valence-corrected chi connectivity index (χ2v) is 7.81. The SMILES string of the molecule is COCCN1CC[C@H]2[C@H](C)C3(CC[C@]2(c2ccccc2)C1=O)OCCO3. The first-order valence-corrected chi connectivity index (χ1v) is 9.76. The van der Waals surface area contributed by atoms with Crippen molar-refractivity contribution in [1.82, 2.24) is 4.90 Å². The molecule has 1 spiro atoms. The molecule has 1 amide bonds. The summed E-state index contributed by atoms with van der Waals surface area (Å²) in [4.78, 5) is 15.7. The maximum absolute atomic E-state index is 13.7. The number of benzene rings is 1. The average Bonchev–Trinajstić information content (AvgIpc) is 3.15. The second-order valence-electron chi connectivity index (χ2n) is 7.81. The Labute approximate surface area is 155 Å². The van der Waals surface area contributed by atoms with E-state index in [0.717, 1.165) is 31.4 Å². The molecule has 0 N–H and O–H groups in total. The van der Waals surface area contributed by atoms with Gasteiger partial charge in [-0.3, -0.25) is 4.79 Å². The van der Waals surface area contributed by atoms with Crippen LogP contribution in [0.25, 0.3) is 0 Å². The first kappa shape index (κ1) is 18.0. The van der Waals surface area contributed by atoms with Crippen molar-refractivity contribution in [2.24, 2.45) is 11.8 Å². The van der Waals surface area contributed by atoms with Crippen LogP contribution in [-0.2, 0) is 24.4 Å². The molecule has 26 heavy (non-hydrogen) atoms. The van der Waals surface area contributed by atoms with Crippen LogP contribution in [0.3, 0.4) is 0 Å². The van der Waals surface area contributed by atoms with Crippen LogP contribution < -0.4 is 0 Å². The summed E-state index contributed by atoms with van der Waals surface area (Å²) in [6, 6.07) is 10.3. The number of carbonyl (C=O) groups excluding carboxylic acids is 1. The molecule has 142 valence electrons. The summed E-state index contributed by atoms with van der Waals surface area (Å²) in [6.07, 6.45) is 2.51. The quantitative estimate of drug-likeness (QED) is 0.829. The monoisotopic (exact) mass is 359 g/mol. The largest absolute Gasteiger partial charge is 0.383 e. The molecule has 5 heteroatoms. The molecular formula is C21H29NO4. The highest BCUT2D eigenvalue weighted by atomic mass is 16.7. The minimum Gasteiger partial charge on any atom is -0.383 e. The van der Waals surface area contributed by atoms with Gasteiger partial charge in [-0.05, 0) is 24.3 Å². The van der Waals surface area contributed by atoms with Crippen molar-refractivity contribution in [3.63, 3.8) is 0 Å². The Hall–Kier alpha value is -1.43. The molecule has 1 aliphatic carbocycles. The highest BCUT2D eigenvalue weighted by Crippen LogP contribution is 2.56. The third-order valence-electron chi connectivity index (χ3n) is 6.81. The average molecular weight is 359 g/mol. The Bertz CT molecular complexity index is 643. The number of methoxy groups -OCH3 is 1. The Morgan fingerprint density at radius 1 is 1.19 bits per heavy atom. The van der Waals surface area contributed by atoms with Gasteiger partial charge in [-0.15, -0.1) is 0 Å². The zero-order valence-corrected chi connectivity index (χ0v) is 15.8. The zero-order chi connectivity index (χ0) is 18.2. The molecule has 0 bridgehead atoms. The van der Waals surface area contributed by atoms with Gasteiger partial charge >= 0.3 is 0 Å². The van der Waals surface area contributed by atoms with Crippen LogP contribution in [0.1, 0.15) is 31.7 Å². The molecule has 1 saturated carbocycles. The van der Waals surface area contributed by atoms with Crippen LogP contribution in [0.4, 0.5) is 0 Å². The minimum absolute atomic E-state index is 0.187. The van der Waals surface area contributed by atoms with Crippen molar-refractivity contribution in [3.8, 4) is 0 Å². The summed E-state index contributed by atoms with van der Waals surface area (Å²) in [6.45, 7) is 5.54. The van der Waals surface area contributed by atoms with Gasteiger partial charge in [0, 0.05) is 32.5 Å². The van der Waals surface area contributed by atoms with Gasteiger partial charge in [0.05, 0.1) is 25.2 Å². The third kappa shape index (κ3) is 2.60. The van der Waals surface area contributed by atoms with Gasteiger partial charge in [-0.2, -0.15) is 0 Å². The highest BCUT2D eigenvalue weighted by Gasteiger charge is 2.62. The molecule has 3 fully saturated rings. The normalized spacial score (nSPS) is 33.5. The Kier molecular flexibility index (Phi) is 4.80. The van der Waals surface area contributed by atoms with Gasteiger partial charge in [-0.1, -0.05) is 37.3 Å². The lowest BCUT2D eigenvalue weighted by atomic mass is 9.54. The van der Waals surface area contributed by atoms with E-state index >= 15 is 0 Å². The molecule has 3 atom stereocenters. The molecule has 2 saturated heterocycles. The van der Waals surface area contributed by atoms with Crippen LogP contribution in [0.15, 0.2) is 30.3 Å². The maximum Gasteiger partial charge on any atom is 0.233 e. The number of likely N-dealkylation sites (tertiary alicyclic amines) is 1. The van der Waals surface area contributed by atoms with Crippen molar-refractivity contribution in [2.75, 3.05) is 40.0 Å². The molecule has 3 aliphatic rings. The fourth-order valence-electron chi connectivity index (χ4n) is 5.47. The number of hydrogen-bond acceptors (Lipinski definition) is 4. The summed E-state index contributed by atoms with van der Waals surface area (Å²) >= 11 is 0. The van der Waals surface area contributed by atoms with E-state index in [2.05, 4.69) is 19.1 Å². The van der Waals surface area contributed by atoms with E-state index in [9.17, 15) is 4.79 Å². The molecule has 2 aliphatic heterocycles. The predicted molar refractivity (Wildman–Crippen MR) is 97.7 cm³/mol. The van der Waals surface area contributed by atoms with E-state index in [1.54, 1.807) is 7.11 Å². The Balaban J connectivity index is 1.73. The van der Waals surface area contributed by atoms with E-state index in [-0.39, 0.29) is 17.7 Å². The lowest BCUT2D eigenvalue weighted by Gasteiger charge is -2.56. The van der Waals surface area contributed by atoms with Gasteiger partial charge in [0.25, 0.3) is 0 Å². The molecular weight excluding hydrogens is 330 g/mol. The van der Waals surface area contributed by atoms with Crippen molar-refractivity contribution >= 4 is 5.91 Å². The third-order valence-corrected chi connectivity index (χ3v) is 6.81. The number of rotatable bonds is 4. The standard InChI is InChI=1S/C21H29NO4/c1-16-18-8-11-22(12-13-24-2)19(23)20(18,17-6-4-3-5-7-17)9-10-21(16)25-14-15-26-21/h3-7,16,18H,8-15H2,1-2H3/t16-,18-,20+/m0/s1. The van der Waals surface area contributed by atoms with Gasteiger partial charge in [-0.25, -0.2) is 0 Å². The van der Waals surface area contributed by atoms with Crippen LogP contribution >= 0.6 is 0 Å². The van der Waals surface area contributed by atoms with E-state index in [1.807, 2.05) is 23.1 Å².